The minimum Gasteiger partial charge on any atom is -0.303 e. The molecule has 0 aliphatic carbocycles. The van der Waals surface area contributed by atoms with E-state index in [-0.39, 0.29) is 5.82 Å². The number of hydrogen-bond acceptors (Lipinski definition) is 5. The molecule has 5 nitrogen and oxygen atoms in total. The number of hydrogen-bond donors (Lipinski definition) is 0. The standard InChI is InChI=1S/C19H18FN5S2/c1-23(11-17-21-15-9-5-6-10-16(15)27-17)12-25-19(26)24(2)18(22-25)13-7-3-4-8-14(13)20/h3-10H,11-12H2,1-2H3. The van der Waals surface area contributed by atoms with Crippen LogP contribution in [0.2, 0.25) is 0 Å². The monoisotopic (exact) mass is 399 g/mol. The Morgan fingerprint density at radius 1 is 1.15 bits per heavy atom. The zero-order chi connectivity index (χ0) is 19.0. The van der Waals surface area contributed by atoms with Gasteiger partial charge < -0.3 is 4.57 Å². The molecule has 138 valence electrons. The van der Waals surface area contributed by atoms with E-state index in [0.29, 0.717) is 29.4 Å². The van der Waals surface area contributed by atoms with Crippen molar-refractivity contribution in [3.05, 3.63) is 64.1 Å². The smallest absolute Gasteiger partial charge is 0.199 e. The lowest BCUT2D eigenvalue weighted by atomic mass is 10.2. The van der Waals surface area contributed by atoms with Crippen LogP contribution in [0.25, 0.3) is 21.6 Å². The van der Waals surface area contributed by atoms with Gasteiger partial charge in [0.05, 0.1) is 29.0 Å². The maximum Gasteiger partial charge on any atom is 0.199 e. The van der Waals surface area contributed by atoms with Crippen molar-refractivity contribution in [2.24, 2.45) is 7.05 Å². The number of thiazole rings is 1. The van der Waals surface area contributed by atoms with Crippen LogP contribution >= 0.6 is 23.6 Å². The second-order valence-electron chi connectivity index (χ2n) is 6.38. The Morgan fingerprint density at radius 2 is 1.89 bits per heavy atom. The van der Waals surface area contributed by atoms with E-state index in [1.807, 2.05) is 25.2 Å². The predicted octanol–water partition coefficient (Wildman–Crippen LogP) is 4.46. The molecule has 0 amide bonds. The molecule has 27 heavy (non-hydrogen) atoms. The molecule has 0 saturated heterocycles. The van der Waals surface area contributed by atoms with Crippen molar-refractivity contribution in [2.75, 3.05) is 7.05 Å². The van der Waals surface area contributed by atoms with Crippen molar-refractivity contribution in [3.63, 3.8) is 0 Å². The molecule has 0 aliphatic rings. The molecule has 2 heterocycles. The Bertz CT molecular complexity index is 1130. The fourth-order valence-electron chi connectivity index (χ4n) is 2.95. The van der Waals surface area contributed by atoms with Crippen LogP contribution in [0.15, 0.2) is 48.5 Å². The lowest BCUT2D eigenvalue weighted by Crippen LogP contribution is -2.22. The van der Waals surface area contributed by atoms with Crippen molar-refractivity contribution in [1.29, 1.82) is 0 Å². The molecular weight excluding hydrogens is 381 g/mol. The second-order valence-corrected chi connectivity index (χ2v) is 7.86. The zero-order valence-corrected chi connectivity index (χ0v) is 16.6. The van der Waals surface area contributed by atoms with E-state index in [1.54, 1.807) is 45.8 Å². The van der Waals surface area contributed by atoms with Gasteiger partial charge in [0.2, 0.25) is 0 Å². The van der Waals surface area contributed by atoms with E-state index in [2.05, 4.69) is 21.0 Å². The second kappa shape index (κ2) is 7.30. The lowest BCUT2D eigenvalue weighted by Gasteiger charge is -2.14. The van der Waals surface area contributed by atoms with E-state index in [4.69, 9.17) is 12.2 Å². The third-order valence-corrected chi connectivity index (χ3v) is 5.78. The van der Waals surface area contributed by atoms with Crippen molar-refractivity contribution in [1.82, 2.24) is 24.2 Å². The normalized spacial score (nSPS) is 11.6. The average Bonchev–Trinajstić information content (AvgIpc) is 3.17. The van der Waals surface area contributed by atoms with Crippen LogP contribution in [0, 0.1) is 10.6 Å². The quantitative estimate of drug-likeness (QED) is 0.465. The molecule has 0 atom stereocenters. The van der Waals surface area contributed by atoms with Gasteiger partial charge in [0.15, 0.2) is 10.6 Å². The molecule has 4 aromatic rings. The van der Waals surface area contributed by atoms with Crippen molar-refractivity contribution in [2.45, 2.75) is 13.2 Å². The number of fused-ring (bicyclic) bond motifs is 1. The Kier molecular flexibility index (Phi) is 4.86. The summed E-state index contributed by atoms with van der Waals surface area (Å²) in [5, 5.41) is 5.58. The predicted molar refractivity (Wildman–Crippen MR) is 109 cm³/mol. The van der Waals surface area contributed by atoms with E-state index in [1.165, 1.54) is 10.8 Å². The Labute approximate surface area is 165 Å². The van der Waals surface area contributed by atoms with Gasteiger partial charge in [0.25, 0.3) is 0 Å². The Balaban J connectivity index is 1.56. The van der Waals surface area contributed by atoms with Crippen molar-refractivity contribution >= 4 is 33.8 Å². The summed E-state index contributed by atoms with van der Waals surface area (Å²) in [6.07, 6.45) is 0. The van der Waals surface area contributed by atoms with Gasteiger partial charge in [0, 0.05) is 7.05 Å². The highest BCUT2D eigenvalue weighted by atomic mass is 32.1. The molecule has 0 N–H and O–H groups in total. The van der Waals surface area contributed by atoms with Gasteiger partial charge in [-0.3, -0.25) is 4.90 Å². The molecule has 8 heteroatoms. The molecule has 0 fully saturated rings. The summed E-state index contributed by atoms with van der Waals surface area (Å²) in [6, 6.07) is 14.7. The van der Waals surface area contributed by atoms with Gasteiger partial charge in [-0.15, -0.1) is 11.3 Å². The number of aromatic nitrogens is 4. The largest absolute Gasteiger partial charge is 0.303 e. The van der Waals surface area contributed by atoms with Crippen LogP contribution in [-0.4, -0.2) is 31.3 Å². The molecule has 0 unspecified atom stereocenters. The zero-order valence-electron chi connectivity index (χ0n) is 15.0. The van der Waals surface area contributed by atoms with Crippen LogP contribution in [0.5, 0.6) is 0 Å². The number of rotatable bonds is 5. The molecule has 2 aromatic heterocycles. The van der Waals surface area contributed by atoms with Crippen molar-refractivity contribution < 1.29 is 4.39 Å². The van der Waals surface area contributed by atoms with Gasteiger partial charge in [-0.05, 0) is 43.5 Å². The van der Waals surface area contributed by atoms with Gasteiger partial charge in [-0.1, -0.05) is 24.3 Å². The summed E-state index contributed by atoms with van der Waals surface area (Å²) in [4.78, 5) is 6.75. The molecule has 0 bridgehead atoms. The first-order valence-corrected chi connectivity index (χ1v) is 9.67. The molecule has 0 aliphatic heterocycles. The van der Waals surface area contributed by atoms with Crippen LogP contribution in [-0.2, 0) is 20.3 Å². The summed E-state index contributed by atoms with van der Waals surface area (Å²) in [7, 11) is 3.80. The minimum atomic E-state index is -0.310. The molecule has 0 saturated carbocycles. The molecule has 2 aromatic carbocycles. The minimum absolute atomic E-state index is 0.310. The average molecular weight is 400 g/mol. The maximum atomic E-state index is 14.1. The highest BCUT2D eigenvalue weighted by molar-refractivity contribution is 7.71. The van der Waals surface area contributed by atoms with Crippen LogP contribution < -0.4 is 0 Å². The Morgan fingerprint density at radius 3 is 2.67 bits per heavy atom. The first-order chi connectivity index (χ1) is 13.0. The summed E-state index contributed by atoms with van der Waals surface area (Å²) in [6.45, 7) is 1.18. The summed E-state index contributed by atoms with van der Waals surface area (Å²) in [5.41, 5.74) is 1.46. The SMILES string of the molecule is CN(Cc1nc2ccccc2s1)Cn1nc(-c2ccccc2F)n(C)c1=S. The third kappa shape index (κ3) is 3.55. The fourth-order valence-corrected chi connectivity index (χ4v) is 4.19. The van der Waals surface area contributed by atoms with Gasteiger partial charge in [-0.2, -0.15) is 5.10 Å². The molecule has 0 radical (unpaired) electrons. The highest BCUT2D eigenvalue weighted by Gasteiger charge is 2.15. The lowest BCUT2D eigenvalue weighted by molar-refractivity contribution is 0.244. The van der Waals surface area contributed by atoms with Gasteiger partial charge in [-0.25, -0.2) is 14.1 Å². The Hall–Kier alpha value is -2.42. The van der Waals surface area contributed by atoms with Crippen LogP contribution in [0.4, 0.5) is 4.39 Å². The van der Waals surface area contributed by atoms with Gasteiger partial charge >= 0.3 is 0 Å². The summed E-state index contributed by atoms with van der Waals surface area (Å²) >= 11 is 7.18. The molecule has 0 spiro atoms. The number of para-hydroxylation sites is 1. The number of halogens is 1. The summed E-state index contributed by atoms with van der Waals surface area (Å²) in [5.74, 6) is 0.210. The van der Waals surface area contributed by atoms with Crippen LogP contribution in [0.3, 0.4) is 0 Å². The van der Waals surface area contributed by atoms with E-state index >= 15 is 0 Å². The van der Waals surface area contributed by atoms with E-state index < -0.39 is 0 Å². The fraction of sp³-hybridized carbons (Fsp3) is 0.211. The van der Waals surface area contributed by atoms with E-state index in [9.17, 15) is 4.39 Å². The van der Waals surface area contributed by atoms with Crippen molar-refractivity contribution in [3.8, 4) is 11.4 Å². The van der Waals surface area contributed by atoms with Gasteiger partial charge in [0.1, 0.15) is 10.8 Å². The molecule has 4 rings (SSSR count). The first kappa shape index (κ1) is 18.0. The third-order valence-electron chi connectivity index (χ3n) is 4.27. The van der Waals surface area contributed by atoms with E-state index in [0.717, 1.165) is 10.5 Å². The highest BCUT2D eigenvalue weighted by Crippen LogP contribution is 2.23. The summed E-state index contributed by atoms with van der Waals surface area (Å²) < 4.78 is 19.3. The topological polar surface area (TPSA) is 38.9 Å². The number of nitrogens with zero attached hydrogens (tertiary/aromatic N) is 5. The first-order valence-electron chi connectivity index (χ1n) is 8.44. The van der Waals surface area contributed by atoms with Crippen LogP contribution in [0.1, 0.15) is 5.01 Å². The molecular formula is C19H18FN5S2. The maximum absolute atomic E-state index is 14.1. The number of benzene rings is 2.